The monoisotopic (exact) mass is 293 g/mol. The second-order valence-electron chi connectivity index (χ2n) is 5.40. The Balaban J connectivity index is 2.08. The summed E-state index contributed by atoms with van der Waals surface area (Å²) in [6, 6.07) is 4.11. The van der Waals surface area contributed by atoms with Gasteiger partial charge in [0.1, 0.15) is 5.82 Å². The number of benzene rings is 1. The molecule has 0 radical (unpaired) electrons. The molecule has 0 aromatic heterocycles. The van der Waals surface area contributed by atoms with E-state index in [0.717, 1.165) is 19.3 Å². The summed E-state index contributed by atoms with van der Waals surface area (Å²) < 4.78 is 13.5. The Labute approximate surface area is 123 Å². The molecule has 0 heterocycles. The van der Waals surface area contributed by atoms with Gasteiger partial charge in [0.05, 0.1) is 5.69 Å². The average Bonchev–Trinajstić information content (AvgIpc) is 2.90. The number of hydrogen-bond acceptors (Lipinski definition) is 3. The van der Waals surface area contributed by atoms with Gasteiger partial charge in [-0.2, -0.15) is 0 Å². The summed E-state index contributed by atoms with van der Waals surface area (Å²) in [5, 5.41) is 5.17. The van der Waals surface area contributed by atoms with Crippen molar-refractivity contribution in [1.82, 2.24) is 0 Å². The molecular weight excluding hydrogens is 273 g/mol. The molecule has 1 aromatic carbocycles. The third-order valence-corrected chi connectivity index (χ3v) is 3.84. The van der Waals surface area contributed by atoms with Gasteiger partial charge in [-0.25, -0.2) is 4.39 Å². The predicted molar refractivity (Wildman–Crippen MR) is 79.2 cm³/mol. The van der Waals surface area contributed by atoms with E-state index in [1.54, 1.807) is 0 Å². The van der Waals surface area contributed by atoms with E-state index >= 15 is 0 Å². The lowest BCUT2D eigenvalue weighted by atomic mass is 9.95. The summed E-state index contributed by atoms with van der Waals surface area (Å²) in [5.41, 5.74) is 6.20. The van der Waals surface area contributed by atoms with Gasteiger partial charge in [-0.15, -0.1) is 0 Å². The Morgan fingerprint density at radius 3 is 2.76 bits per heavy atom. The number of rotatable bonds is 4. The molecule has 0 saturated heterocycles. The maximum atomic E-state index is 13.5. The van der Waals surface area contributed by atoms with E-state index in [1.165, 1.54) is 25.1 Å². The van der Waals surface area contributed by atoms with Gasteiger partial charge < -0.3 is 16.4 Å². The summed E-state index contributed by atoms with van der Waals surface area (Å²) >= 11 is 0. The van der Waals surface area contributed by atoms with Crippen molar-refractivity contribution >= 4 is 23.2 Å². The normalized spacial score (nSPS) is 21.1. The third-order valence-electron chi connectivity index (χ3n) is 3.84. The summed E-state index contributed by atoms with van der Waals surface area (Å²) in [6.45, 7) is 1.80. The van der Waals surface area contributed by atoms with Crippen molar-refractivity contribution in [3.05, 3.63) is 24.0 Å². The first-order chi connectivity index (χ1) is 10.0. The van der Waals surface area contributed by atoms with Crippen LogP contribution in [0.4, 0.5) is 15.8 Å². The van der Waals surface area contributed by atoms with E-state index in [-0.39, 0.29) is 29.3 Å². The molecular formula is C15H20FN3O2. The lowest BCUT2D eigenvalue weighted by Gasteiger charge is -2.17. The lowest BCUT2D eigenvalue weighted by Crippen LogP contribution is -2.29. The standard InChI is InChI=1S/C15H20FN3O2/c1-9(20)18-14-7-11(5-6-13(14)16)19-15(21)12-4-2-3-10(12)8-17/h5-7,10,12H,2-4,8,17H2,1H3,(H,18,20)(H,19,21). The molecule has 21 heavy (non-hydrogen) atoms. The smallest absolute Gasteiger partial charge is 0.227 e. The lowest BCUT2D eigenvalue weighted by molar-refractivity contribution is -0.120. The van der Waals surface area contributed by atoms with Crippen molar-refractivity contribution in [2.75, 3.05) is 17.2 Å². The van der Waals surface area contributed by atoms with Crippen molar-refractivity contribution in [3.8, 4) is 0 Å². The van der Waals surface area contributed by atoms with E-state index in [4.69, 9.17) is 5.73 Å². The number of carbonyl (C=O) groups is 2. The molecule has 2 amide bonds. The second-order valence-corrected chi connectivity index (χ2v) is 5.40. The van der Waals surface area contributed by atoms with Crippen molar-refractivity contribution in [1.29, 1.82) is 0 Å². The number of halogens is 1. The van der Waals surface area contributed by atoms with Crippen LogP contribution in [-0.2, 0) is 9.59 Å². The highest BCUT2D eigenvalue weighted by atomic mass is 19.1. The van der Waals surface area contributed by atoms with Gasteiger partial charge in [0.25, 0.3) is 0 Å². The Morgan fingerprint density at radius 2 is 2.10 bits per heavy atom. The van der Waals surface area contributed by atoms with Gasteiger partial charge in [0.2, 0.25) is 11.8 Å². The third kappa shape index (κ3) is 3.78. The molecule has 114 valence electrons. The fraction of sp³-hybridized carbons (Fsp3) is 0.467. The molecule has 4 N–H and O–H groups in total. The molecule has 5 nitrogen and oxygen atoms in total. The number of anilines is 2. The Bertz CT molecular complexity index is 548. The number of nitrogens with two attached hydrogens (primary N) is 1. The molecule has 1 aliphatic carbocycles. The van der Waals surface area contributed by atoms with Crippen molar-refractivity contribution < 1.29 is 14.0 Å². The first-order valence-electron chi connectivity index (χ1n) is 7.09. The number of carbonyl (C=O) groups excluding carboxylic acids is 2. The average molecular weight is 293 g/mol. The van der Waals surface area contributed by atoms with E-state index in [2.05, 4.69) is 10.6 Å². The molecule has 1 aliphatic rings. The van der Waals surface area contributed by atoms with E-state index in [0.29, 0.717) is 12.2 Å². The summed E-state index contributed by atoms with van der Waals surface area (Å²) in [5.74, 6) is -0.881. The zero-order valence-corrected chi connectivity index (χ0v) is 12.0. The van der Waals surface area contributed by atoms with Crippen LogP contribution in [-0.4, -0.2) is 18.4 Å². The summed E-state index contributed by atoms with van der Waals surface area (Å²) in [4.78, 5) is 23.3. The van der Waals surface area contributed by atoms with Crippen molar-refractivity contribution in [3.63, 3.8) is 0 Å². The molecule has 0 bridgehead atoms. The highest BCUT2D eigenvalue weighted by Gasteiger charge is 2.31. The van der Waals surface area contributed by atoms with Crippen LogP contribution in [0, 0.1) is 17.7 Å². The minimum Gasteiger partial charge on any atom is -0.330 e. The molecule has 2 atom stereocenters. The predicted octanol–water partition coefficient (Wildman–Crippen LogP) is 2.10. The second kappa shape index (κ2) is 6.67. The fourth-order valence-electron chi connectivity index (χ4n) is 2.79. The van der Waals surface area contributed by atoms with Crippen LogP contribution in [0.1, 0.15) is 26.2 Å². The van der Waals surface area contributed by atoms with Crippen LogP contribution in [0.3, 0.4) is 0 Å². The van der Waals surface area contributed by atoms with Gasteiger partial charge in [-0.05, 0) is 43.5 Å². The largest absolute Gasteiger partial charge is 0.330 e. The maximum Gasteiger partial charge on any atom is 0.227 e. The molecule has 6 heteroatoms. The van der Waals surface area contributed by atoms with E-state index in [1.807, 2.05) is 0 Å². The molecule has 2 unspecified atom stereocenters. The number of nitrogens with one attached hydrogen (secondary N) is 2. The SMILES string of the molecule is CC(=O)Nc1cc(NC(=O)C2CCCC2CN)ccc1F. The zero-order valence-electron chi connectivity index (χ0n) is 12.0. The number of hydrogen-bond donors (Lipinski definition) is 3. The van der Waals surface area contributed by atoms with Crippen LogP contribution in [0.25, 0.3) is 0 Å². The Kier molecular flexibility index (Phi) is 4.90. The van der Waals surface area contributed by atoms with Gasteiger partial charge >= 0.3 is 0 Å². The first-order valence-corrected chi connectivity index (χ1v) is 7.09. The Morgan fingerprint density at radius 1 is 1.33 bits per heavy atom. The van der Waals surface area contributed by atoms with Crippen molar-refractivity contribution in [2.24, 2.45) is 17.6 Å². The van der Waals surface area contributed by atoms with Gasteiger partial charge in [-0.3, -0.25) is 9.59 Å². The zero-order chi connectivity index (χ0) is 15.4. The van der Waals surface area contributed by atoms with Crippen LogP contribution in [0.2, 0.25) is 0 Å². The quantitative estimate of drug-likeness (QED) is 0.794. The summed E-state index contributed by atoms with van der Waals surface area (Å²) in [7, 11) is 0. The van der Waals surface area contributed by atoms with Gasteiger partial charge in [0, 0.05) is 18.5 Å². The topological polar surface area (TPSA) is 84.2 Å². The molecule has 1 saturated carbocycles. The van der Waals surface area contributed by atoms with Gasteiger partial charge in [-0.1, -0.05) is 6.42 Å². The molecule has 1 fully saturated rings. The Hall–Kier alpha value is -1.95. The minimum atomic E-state index is -0.538. The fourth-order valence-corrected chi connectivity index (χ4v) is 2.79. The van der Waals surface area contributed by atoms with Crippen LogP contribution >= 0.6 is 0 Å². The van der Waals surface area contributed by atoms with E-state index in [9.17, 15) is 14.0 Å². The first kappa shape index (κ1) is 15.4. The maximum absolute atomic E-state index is 13.5. The van der Waals surface area contributed by atoms with Crippen molar-refractivity contribution in [2.45, 2.75) is 26.2 Å². The molecule has 2 rings (SSSR count). The van der Waals surface area contributed by atoms with Crippen LogP contribution in [0.5, 0.6) is 0 Å². The van der Waals surface area contributed by atoms with Crippen LogP contribution in [0.15, 0.2) is 18.2 Å². The molecule has 0 aliphatic heterocycles. The summed E-state index contributed by atoms with van der Waals surface area (Å²) in [6.07, 6.45) is 2.79. The van der Waals surface area contributed by atoms with Crippen LogP contribution < -0.4 is 16.4 Å². The highest BCUT2D eigenvalue weighted by molar-refractivity contribution is 5.94. The minimum absolute atomic E-state index is 0.0575. The highest BCUT2D eigenvalue weighted by Crippen LogP contribution is 2.32. The molecule has 1 aromatic rings. The molecule has 0 spiro atoms. The van der Waals surface area contributed by atoms with E-state index < -0.39 is 5.82 Å². The van der Waals surface area contributed by atoms with Gasteiger partial charge in [0.15, 0.2) is 0 Å². The number of amides is 2.